The van der Waals surface area contributed by atoms with E-state index in [-0.39, 0.29) is 24.4 Å². The molecular weight excluding hydrogens is 349 g/mol. The van der Waals surface area contributed by atoms with Crippen molar-refractivity contribution < 1.29 is 18.7 Å². The van der Waals surface area contributed by atoms with Gasteiger partial charge in [0.15, 0.2) is 6.61 Å². The maximum atomic E-state index is 12.9. The van der Waals surface area contributed by atoms with Gasteiger partial charge in [-0.1, -0.05) is 18.2 Å². The van der Waals surface area contributed by atoms with Crippen LogP contribution in [-0.2, 0) is 11.2 Å². The van der Waals surface area contributed by atoms with Crippen molar-refractivity contribution in [2.75, 3.05) is 32.6 Å². The molecule has 0 aliphatic heterocycles. The number of amides is 3. The number of rotatable bonds is 7. The van der Waals surface area contributed by atoms with Crippen molar-refractivity contribution in [3.8, 4) is 5.75 Å². The Balaban J connectivity index is 1.90. The topological polar surface area (TPSA) is 70.7 Å². The van der Waals surface area contributed by atoms with E-state index >= 15 is 0 Å². The summed E-state index contributed by atoms with van der Waals surface area (Å²) in [5.41, 5.74) is 2.36. The molecule has 0 aliphatic rings. The molecule has 6 nitrogen and oxygen atoms in total. The molecule has 0 spiro atoms. The number of carbonyl (C=O) groups excluding carboxylic acids is 2. The Bertz CT molecular complexity index is 792. The number of urea groups is 1. The van der Waals surface area contributed by atoms with Crippen LogP contribution in [0, 0.1) is 12.7 Å². The summed E-state index contributed by atoms with van der Waals surface area (Å²) < 4.78 is 18.4. The fraction of sp³-hybridized carbons (Fsp3) is 0.300. The summed E-state index contributed by atoms with van der Waals surface area (Å²) in [6, 6.07) is 11.1. The van der Waals surface area contributed by atoms with Crippen LogP contribution in [0.5, 0.6) is 5.75 Å². The Labute approximate surface area is 158 Å². The highest BCUT2D eigenvalue weighted by Gasteiger charge is 2.11. The first-order chi connectivity index (χ1) is 12.8. The highest BCUT2D eigenvalue weighted by molar-refractivity contribution is 5.91. The normalized spacial score (nSPS) is 10.2. The second-order valence-corrected chi connectivity index (χ2v) is 6.33. The van der Waals surface area contributed by atoms with Crippen LogP contribution in [-0.4, -0.2) is 44.1 Å². The van der Waals surface area contributed by atoms with E-state index in [0.29, 0.717) is 24.4 Å². The molecule has 0 bridgehead atoms. The molecule has 0 aliphatic carbocycles. The summed E-state index contributed by atoms with van der Waals surface area (Å²) >= 11 is 0. The molecular formula is C20H24FN3O3. The lowest BCUT2D eigenvalue weighted by Gasteiger charge is -2.15. The molecule has 0 radical (unpaired) electrons. The van der Waals surface area contributed by atoms with Gasteiger partial charge in [-0.25, -0.2) is 9.18 Å². The molecule has 2 N–H and O–H groups in total. The van der Waals surface area contributed by atoms with Crippen molar-refractivity contribution in [1.29, 1.82) is 0 Å². The number of likely N-dealkylation sites (N-methyl/N-ethyl adjacent to an activating group) is 1. The second-order valence-electron chi connectivity index (χ2n) is 6.33. The summed E-state index contributed by atoms with van der Waals surface area (Å²) in [4.78, 5) is 25.3. The van der Waals surface area contributed by atoms with E-state index in [1.165, 1.54) is 17.0 Å². The summed E-state index contributed by atoms with van der Waals surface area (Å²) in [5, 5.41) is 5.47. The minimum Gasteiger partial charge on any atom is -0.482 e. The van der Waals surface area contributed by atoms with Crippen LogP contribution in [0.3, 0.4) is 0 Å². The quantitative estimate of drug-likeness (QED) is 0.784. The van der Waals surface area contributed by atoms with Crippen molar-refractivity contribution >= 4 is 17.6 Å². The van der Waals surface area contributed by atoms with Gasteiger partial charge in [0.25, 0.3) is 5.91 Å². The van der Waals surface area contributed by atoms with Crippen molar-refractivity contribution in [3.05, 3.63) is 59.4 Å². The number of carbonyl (C=O) groups is 2. The van der Waals surface area contributed by atoms with Crippen molar-refractivity contribution in [2.24, 2.45) is 0 Å². The first kappa shape index (κ1) is 20.2. The molecule has 2 aromatic rings. The molecule has 144 valence electrons. The van der Waals surface area contributed by atoms with Crippen LogP contribution < -0.4 is 15.4 Å². The van der Waals surface area contributed by atoms with Crippen LogP contribution in [0.4, 0.5) is 14.9 Å². The Morgan fingerprint density at radius 2 is 1.81 bits per heavy atom. The van der Waals surface area contributed by atoms with E-state index in [1.54, 1.807) is 38.4 Å². The van der Waals surface area contributed by atoms with Crippen LogP contribution in [0.15, 0.2) is 42.5 Å². The molecule has 0 fully saturated rings. The minimum absolute atomic E-state index is 0.114. The Hall–Kier alpha value is -3.09. The van der Waals surface area contributed by atoms with Gasteiger partial charge in [-0.05, 0) is 48.7 Å². The standard InChI is InChI=1S/C20H24FN3O3/c1-14-4-9-17(18(12-14)27-13-19(25)24(2)3)23-20(26)22-11-10-15-5-7-16(21)8-6-15/h4-9,12H,10-11,13H2,1-3H3,(H2,22,23,26). The minimum atomic E-state index is -0.384. The maximum Gasteiger partial charge on any atom is 0.319 e. The summed E-state index contributed by atoms with van der Waals surface area (Å²) in [6.07, 6.45) is 0.586. The van der Waals surface area contributed by atoms with E-state index in [4.69, 9.17) is 4.74 Å². The molecule has 0 atom stereocenters. The van der Waals surface area contributed by atoms with Gasteiger partial charge >= 0.3 is 6.03 Å². The number of hydrogen-bond donors (Lipinski definition) is 2. The van der Waals surface area contributed by atoms with E-state index in [9.17, 15) is 14.0 Å². The number of halogens is 1. The molecule has 0 aromatic heterocycles. The molecule has 7 heteroatoms. The largest absolute Gasteiger partial charge is 0.482 e. The van der Waals surface area contributed by atoms with E-state index in [1.807, 2.05) is 13.0 Å². The Morgan fingerprint density at radius 1 is 1.11 bits per heavy atom. The molecule has 0 heterocycles. The zero-order valence-corrected chi connectivity index (χ0v) is 15.7. The second kappa shape index (κ2) is 9.56. The molecule has 2 aromatic carbocycles. The van der Waals surface area contributed by atoms with Gasteiger partial charge in [-0.3, -0.25) is 4.79 Å². The number of hydrogen-bond acceptors (Lipinski definition) is 3. The monoisotopic (exact) mass is 373 g/mol. The SMILES string of the molecule is Cc1ccc(NC(=O)NCCc2ccc(F)cc2)c(OCC(=O)N(C)C)c1. The van der Waals surface area contributed by atoms with Gasteiger partial charge in [0.1, 0.15) is 11.6 Å². The van der Waals surface area contributed by atoms with Crippen LogP contribution in [0.2, 0.25) is 0 Å². The fourth-order valence-corrected chi connectivity index (χ4v) is 2.26. The third-order valence-electron chi connectivity index (χ3n) is 3.85. The summed E-state index contributed by atoms with van der Waals surface area (Å²) in [5.74, 6) is -0.0332. The van der Waals surface area contributed by atoms with Crippen LogP contribution in [0.25, 0.3) is 0 Å². The number of benzene rings is 2. The first-order valence-electron chi connectivity index (χ1n) is 8.58. The third-order valence-corrected chi connectivity index (χ3v) is 3.85. The zero-order chi connectivity index (χ0) is 19.8. The lowest BCUT2D eigenvalue weighted by atomic mass is 10.1. The van der Waals surface area contributed by atoms with E-state index in [0.717, 1.165) is 11.1 Å². The van der Waals surface area contributed by atoms with Gasteiger partial charge < -0.3 is 20.3 Å². The fourth-order valence-electron chi connectivity index (χ4n) is 2.26. The zero-order valence-electron chi connectivity index (χ0n) is 15.7. The van der Waals surface area contributed by atoms with Gasteiger partial charge in [0.2, 0.25) is 0 Å². The molecule has 27 heavy (non-hydrogen) atoms. The van der Waals surface area contributed by atoms with Crippen molar-refractivity contribution in [1.82, 2.24) is 10.2 Å². The average molecular weight is 373 g/mol. The van der Waals surface area contributed by atoms with Crippen molar-refractivity contribution in [3.63, 3.8) is 0 Å². The third kappa shape index (κ3) is 6.62. The highest BCUT2D eigenvalue weighted by atomic mass is 19.1. The number of ether oxygens (including phenoxy) is 1. The van der Waals surface area contributed by atoms with E-state index < -0.39 is 0 Å². The van der Waals surface area contributed by atoms with Crippen LogP contribution >= 0.6 is 0 Å². The molecule has 2 rings (SSSR count). The van der Waals surface area contributed by atoms with Gasteiger partial charge in [-0.2, -0.15) is 0 Å². The Kier molecular flexibility index (Phi) is 7.16. The van der Waals surface area contributed by atoms with Gasteiger partial charge in [0.05, 0.1) is 5.69 Å². The first-order valence-corrected chi connectivity index (χ1v) is 8.58. The number of anilines is 1. The molecule has 0 saturated carbocycles. The Morgan fingerprint density at radius 3 is 2.48 bits per heavy atom. The summed E-state index contributed by atoms with van der Waals surface area (Å²) in [7, 11) is 3.30. The molecule has 0 saturated heterocycles. The van der Waals surface area contributed by atoms with E-state index in [2.05, 4.69) is 10.6 Å². The number of nitrogens with one attached hydrogen (secondary N) is 2. The predicted octanol–water partition coefficient (Wildman–Crippen LogP) is 2.97. The molecule has 0 unspecified atom stereocenters. The van der Waals surface area contributed by atoms with Crippen LogP contribution in [0.1, 0.15) is 11.1 Å². The number of aryl methyl sites for hydroxylation is 1. The maximum absolute atomic E-state index is 12.9. The summed E-state index contributed by atoms with van der Waals surface area (Å²) in [6.45, 7) is 2.18. The highest BCUT2D eigenvalue weighted by Crippen LogP contribution is 2.25. The molecule has 3 amide bonds. The van der Waals surface area contributed by atoms with Crippen molar-refractivity contribution in [2.45, 2.75) is 13.3 Å². The number of nitrogens with zero attached hydrogens (tertiary/aromatic N) is 1. The average Bonchev–Trinajstić information content (AvgIpc) is 2.63. The smallest absolute Gasteiger partial charge is 0.319 e. The predicted molar refractivity (Wildman–Crippen MR) is 102 cm³/mol. The lowest BCUT2D eigenvalue weighted by molar-refractivity contribution is -0.130. The van der Waals surface area contributed by atoms with Gasteiger partial charge in [-0.15, -0.1) is 0 Å². The lowest BCUT2D eigenvalue weighted by Crippen LogP contribution is -2.31. The van der Waals surface area contributed by atoms with Gasteiger partial charge in [0, 0.05) is 20.6 Å².